The lowest BCUT2D eigenvalue weighted by Crippen LogP contribution is -2.48. The Morgan fingerprint density at radius 1 is 1.22 bits per heavy atom. The summed E-state index contributed by atoms with van der Waals surface area (Å²) in [6.45, 7) is 7.32. The van der Waals surface area contributed by atoms with Crippen LogP contribution in [0.5, 0.6) is 5.75 Å². The maximum atomic E-state index is 12.4. The number of carbonyl (C=O) groups is 1. The molecule has 144 valence electrons. The number of ether oxygens (including phenoxy) is 1. The van der Waals surface area contributed by atoms with E-state index in [0.717, 1.165) is 54.6 Å². The van der Waals surface area contributed by atoms with Crippen LogP contribution in [0, 0.1) is 0 Å². The molecule has 1 aromatic rings. The quantitative estimate of drug-likeness (QED) is 0.763. The molecule has 5 nitrogen and oxygen atoms in total. The number of carbonyl (C=O) groups excluding carboxylic acids is 1. The average molecular weight is 386 g/mol. The first-order valence-corrected chi connectivity index (χ1v) is 9.79. The SMILES string of the molecule is COc1ccccc1N1CCN(CCNC(=O)C2=CC(C)=CCC2=S)CC1. The van der Waals surface area contributed by atoms with Crippen LogP contribution in [0.1, 0.15) is 13.3 Å². The van der Waals surface area contributed by atoms with Crippen LogP contribution in [0.2, 0.25) is 0 Å². The van der Waals surface area contributed by atoms with Gasteiger partial charge in [-0.25, -0.2) is 0 Å². The van der Waals surface area contributed by atoms with Crippen molar-refractivity contribution >= 4 is 28.7 Å². The van der Waals surface area contributed by atoms with Crippen LogP contribution in [-0.4, -0.2) is 62.0 Å². The molecule has 1 aromatic carbocycles. The first-order chi connectivity index (χ1) is 13.1. The molecule has 27 heavy (non-hydrogen) atoms. The number of hydrogen-bond acceptors (Lipinski definition) is 5. The van der Waals surface area contributed by atoms with E-state index >= 15 is 0 Å². The molecule has 0 radical (unpaired) electrons. The molecule has 1 aliphatic carbocycles. The second-order valence-electron chi connectivity index (χ2n) is 6.89. The van der Waals surface area contributed by atoms with Crippen molar-refractivity contribution in [3.05, 3.63) is 47.6 Å². The number of thiocarbonyl (C=S) groups is 1. The Bertz CT molecular complexity index is 764. The third-order valence-electron chi connectivity index (χ3n) is 5.04. The minimum atomic E-state index is -0.0555. The van der Waals surface area contributed by atoms with Crippen LogP contribution in [0.4, 0.5) is 5.69 Å². The van der Waals surface area contributed by atoms with Gasteiger partial charge in [-0.2, -0.15) is 0 Å². The summed E-state index contributed by atoms with van der Waals surface area (Å²) in [6.07, 6.45) is 4.62. The van der Waals surface area contributed by atoms with Gasteiger partial charge in [0.1, 0.15) is 5.75 Å². The van der Waals surface area contributed by atoms with Crippen molar-refractivity contribution in [3.8, 4) is 5.75 Å². The van der Waals surface area contributed by atoms with Crippen molar-refractivity contribution in [1.82, 2.24) is 10.2 Å². The second kappa shape index (κ2) is 9.15. The van der Waals surface area contributed by atoms with Gasteiger partial charge in [-0.05, 0) is 25.1 Å². The number of methoxy groups -OCH3 is 1. The zero-order valence-corrected chi connectivity index (χ0v) is 16.8. The molecule has 2 aliphatic rings. The van der Waals surface area contributed by atoms with Gasteiger partial charge in [0.05, 0.1) is 18.4 Å². The molecule has 1 saturated heterocycles. The molecule has 0 spiro atoms. The van der Waals surface area contributed by atoms with Gasteiger partial charge in [-0.3, -0.25) is 9.69 Å². The number of anilines is 1. The molecule has 1 fully saturated rings. The molecule has 6 heteroatoms. The lowest BCUT2D eigenvalue weighted by Gasteiger charge is -2.36. The van der Waals surface area contributed by atoms with Crippen molar-refractivity contribution in [2.75, 3.05) is 51.3 Å². The summed E-state index contributed by atoms with van der Waals surface area (Å²) in [6, 6.07) is 8.14. The summed E-state index contributed by atoms with van der Waals surface area (Å²) in [5, 5.41) is 3.01. The van der Waals surface area contributed by atoms with E-state index < -0.39 is 0 Å². The van der Waals surface area contributed by atoms with Crippen LogP contribution < -0.4 is 15.0 Å². The number of benzene rings is 1. The number of amides is 1. The summed E-state index contributed by atoms with van der Waals surface area (Å²) in [5.74, 6) is 0.861. The zero-order chi connectivity index (χ0) is 19.2. The fourth-order valence-electron chi connectivity index (χ4n) is 3.45. The van der Waals surface area contributed by atoms with Crippen LogP contribution in [0.25, 0.3) is 0 Å². The van der Waals surface area contributed by atoms with Crippen LogP contribution in [0.15, 0.2) is 47.6 Å². The number of nitrogens with one attached hydrogen (secondary N) is 1. The van der Waals surface area contributed by atoms with Crippen molar-refractivity contribution < 1.29 is 9.53 Å². The molecule has 0 atom stereocenters. The summed E-state index contributed by atoms with van der Waals surface area (Å²) >= 11 is 5.31. The van der Waals surface area contributed by atoms with Crippen molar-refractivity contribution in [3.63, 3.8) is 0 Å². The Hall–Kier alpha value is -2.18. The fraction of sp³-hybridized carbons (Fsp3) is 0.429. The van der Waals surface area contributed by atoms with Crippen LogP contribution in [0.3, 0.4) is 0 Å². The first-order valence-electron chi connectivity index (χ1n) is 9.38. The summed E-state index contributed by atoms with van der Waals surface area (Å²) in [5.41, 5.74) is 2.89. The van der Waals surface area contributed by atoms with E-state index in [9.17, 15) is 4.79 Å². The van der Waals surface area contributed by atoms with Crippen molar-refractivity contribution in [1.29, 1.82) is 0 Å². The topological polar surface area (TPSA) is 44.8 Å². The molecular formula is C21H27N3O2S. The molecule has 0 unspecified atom stereocenters. The largest absolute Gasteiger partial charge is 0.495 e. The molecule has 0 saturated carbocycles. The van der Waals surface area contributed by atoms with Gasteiger partial charge in [-0.1, -0.05) is 36.0 Å². The highest BCUT2D eigenvalue weighted by Gasteiger charge is 2.20. The van der Waals surface area contributed by atoms with E-state index in [2.05, 4.69) is 27.3 Å². The highest BCUT2D eigenvalue weighted by molar-refractivity contribution is 7.81. The Balaban J connectivity index is 1.44. The number of rotatable bonds is 6. The molecular weight excluding hydrogens is 358 g/mol. The lowest BCUT2D eigenvalue weighted by atomic mass is 9.99. The molecule has 3 rings (SSSR count). The van der Waals surface area contributed by atoms with Gasteiger partial charge in [-0.15, -0.1) is 0 Å². The molecule has 1 amide bonds. The fourth-order valence-corrected chi connectivity index (χ4v) is 3.68. The molecule has 1 heterocycles. The van der Waals surface area contributed by atoms with Gasteiger partial charge in [0, 0.05) is 50.6 Å². The van der Waals surface area contributed by atoms with E-state index in [0.29, 0.717) is 18.5 Å². The van der Waals surface area contributed by atoms with E-state index in [4.69, 9.17) is 17.0 Å². The molecule has 0 aromatic heterocycles. The summed E-state index contributed by atoms with van der Waals surface area (Å²) in [4.78, 5) is 17.8. The molecule has 1 N–H and O–H groups in total. The maximum Gasteiger partial charge on any atom is 0.252 e. The Kier molecular flexibility index (Phi) is 6.63. The van der Waals surface area contributed by atoms with E-state index in [1.807, 2.05) is 31.2 Å². The standard InChI is InChI=1S/C21H27N3O2S/c1-16-7-8-20(27)17(15-16)21(25)22-9-10-23-11-13-24(14-12-23)18-5-3-4-6-19(18)26-2/h3-7,15H,8-14H2,1-2H3,(H,22,25). The lowest BCUT2D eigenvalue weighted by molar-refractivity contribution is -0.117. The van der Waals surface area contributed by atoms with Gasteiger partial charge in [0.15, 0.2) is 0 Å². The summed E-state index contributed by atoms with van der Waals surface area (Å²) in [7, 11) is 1.71. The Labute approximate surface area is 166 Å². The third-order valence-corrected chi connectivity index (χ3v) is 5.42. The second-order valence-corrected chi connectivity index (χ2v) is 7.38. The highest BCUT2D eigenvalue weighted by atomic mass is 32.1. The smallest absolute Gasteiger partial charge is 0.252 e. The first kappa shape index (κ1) is 19.6. The number of piperazine rings is 1. The minimum absolute atomic E-state index is 0.0555. The normalized spacial score (nSPS) is 18.0. The number of hydrogen-bond donors (Lipinski definition) is 1. The average Bonchev–Trinajstić information content (AvgIpc) is 2.70. The monoisotopic (exact) mass is 385 g/mol. The van der Waals surface area contributed by atoms with Crippen molar-refractivity contribution in [2.45, 2.75) is 13.3 Å². The van der Waals surface area contributed by atoms with E-state index in [1.54, 1.807) is 7.11 Å². The van der Waals surface area contributed by atoms with Gasteiger partial charge in [0.2, 0.25) is 0 Å². The maximum absolute atomic E-state index is 12.4. The molecule has 0 bridgehead atoms. The molecule has 1 aliphatic heterocycles. The predicted octanol–water partition coefficient (Wildman–Crippen LogP) is 2.58. The van der Waals surface area contributed by atoms with Gasteiger partial charge in [0.25, 0.3) is 5.91 Å². The minimum Gasteiger partial charge on any atom is -0.495 e. The number of para-hydroxylation sites is 2. The van der Waals surface area contributed by atoms with Crippen LogP contribution in [-0.2, 0) is 4.79 Å². The third kappa shape index (κ3) is 4.96. The Morgan fingerprint density at radius 3 is 2.70 bits per heavy atom. The van der Waals surface area contributed by atoms with Gasteiger partial charge < -0.3 is 15.0 Å². The van der Waals surface area contributed by atoms with E-state index in [1.165, 1.54) is 0 Å². The van der Waals surface area contributed by atoms with E-state index in [-0.39, 0.29) is 5.91 Å². The van der Waals surface area contributed by atoms with Gasteiger partial charge >= 0.3 is 0 Å². The number of nitrogens with zero attached hydrogens (tertiary/aromatic N) is 2. The number of allylic oxidation sites excluding steroid dienone is 3. The van der Waals surface area contributed by atoms with Crippen molar-refractivity contribution in [2.24, 2.45) is 0 Å². The van der Waals surface area contributed by atoms with Crippen LogP contribution >= 0.6 is 12.2 Å². The Morgan fingerprint density at radius 2 is 1.96 bits per heavy atom. The zero-order valence-electron chi connectivity index (χ0n) is 16.0. The summed E-state index contributed by atoms with van der Waals surface area (Å²) < 4.78 is 5.47. The predicted molar refractivity (Wildman–Crippen MR) is 114 cm³/mol. The highest BCUT2D eigenvalue weighted by Crippen LogP contribution is 2.28.